The fraction of sp³-hybridized carbons (Fsp3) is 0.917. The number of rotatable bonds is 7. The zero-order chi connectivity index (χ0) is 17.9. The van der Waals surface area contributed by atoms with Crippen LogP contribution >= 0.6 is 0 Å². The minimum absolute atomic E-state index is 0.280. The monoisotopic (exact) mass is 342 g/mol. The van der Waals surface area contributed by atoms with Crippen molar-refractivity contribution in [3.05, 3.63) is 0 Å². The molecule has 1 aliphatic rings. The molecule has 0 radical (unpaired) electrons. The lowest BCUT2D eigenvalue weighted by molar-refractivity contribution is -0.283. The Morgan fingerprint density at radius 3 is 2.04 bits per heavy atom. The summed E-state index contributed by atoms with van der Waals surface area (Å²) < 4.78 is 4.96. The van der Waals surface area contributed by atoms with Gasteiger partial charge in [0.2, 0.25) is 0 Å². The van der Waals surface area contributed by atoms with Gasteiger partial charge < -0.3 is 50.7 Å². The van der Waals surface area contributed by atoms with Gasteiger partial charge in [0.05, 0.1) is 13.2 Å². The second kappa shape index (κ2) is 7.90. The summed E-state index contributed by atoms with van der Waals surface area (Å²) >= 11 is 0. The fourth-order valence-corrected chi connectivity index (χ4v) is 2.38. The third kappa shape index (κ3) is 3.69. The standard InChI is InChI=1S/C12H22O11/c13-1-4(16)6(17)10(21)12(22,3-15)11-9(20)8(19)7(18)5(2-14)23-11/h3-11,13-14,16-22H,1-2H2/t4-,5-,6-,7-,8+,9-,10+,11-,12+/m1/s1. The van der Waals surface area contributed by atoms with Crippen molar-refractivity contribution in [2.45, 2.75) is 54.4 Å². The number of carbonyl (C=O) groups excluding carboxylic acids is 1. The SMILES string of the molecule is O=C[C@@](O)([C@@H]1O[C@H](CO)[C@@H](O)[C@H](O)[C@H]1O)[C@@H](O)[C@H](O)[C@H](O)CO. The summed E-state index contributed by atoms with van der Waals surface area (Å²) in [6.45, 7) is -1.84. The number of hydrogen-bond donors (Lipinski definition) is 9. The number of carbonyl (C=O) groups is 1. The van der Waals surface area contributed by atoms with Crippen molar-refractivity contribution in [2.75, 3.05) is 13.2 Å². The van der Waals surface area contributed by atoms with Crippen LogP contribution in [0.15, 0.2) is 0 Å². The Bertz CT molecular complexity index is 391. The largest absolute Gasteiger partial charge is 0.394 e. The van der Waals surface area contributed by atoms with Crippen LogP contribution in [0.2, 0.25) is 0 Å². The van der Waals surface area contributed by atoms with Gasteiger partial charge in [-0.2, -0.15) is 0 Å². The second-order valence-electron chi connectivity index (χ2n) is 5.44. The molecule has 0 spiro atoms. The van der Waals surface area contributed by atoms with Crippen LogP contribution in [0, 0.1) is 0 Å². The summed E-state index contributed by atoms with van der Waals surface area (Å²) in [6, 6.07) is 0. The van der Waals surface area contributed by atoms with Gasteiger partial charge in [0.15, 0.2) is 11.9 Å². The van der Waals surface area contributed by atoms with E-state index in [2.05, 4.69) is 0 Å². The van der Waals surface area contributed by atoms with Gasteiger partial charge in [-0.05, 0) is 0 Å². The molecule has 0 aromatic heterocycles. The first kappa shape index (κ1) is 20.3. The first-order chi connectivity index (χ1) is 10.6. The molecule has 0 aromatic rings. The van der Waals surface area contributed by atoms with Crippen molar-refractivity contribution in [1.82, 2.24) is 0 Å². The molecule has 11 nitrogen and oxygen atoms in total. The van der Waals surface area contributed by atoms with Gasteiger partial charge in [0.1, 0.15) is 48.8 Å². The van der Waals surface area contributed by atoms with Crippen molar-refractivity contribution in [2.24, 2.45) is 0 Å². The number of ether oxygens (including phenoxy) is 1. The Balaban J connectivity index is 3.12. The van der Waals surface area contributed by atoms with Crippen LogP contribution < -0.4 is 0 Å². The van der Waals surface area contributed by atoms with Crippen LogP contribution in [-0.2, 0) is 9.53 Å². The number of aldehydes is 1. The van der Waals surface area contributed by atoms with Crippen LogP contribution in [0.3, 0.4) is 0 Å². The van der Waals surface area contributed by atoms with Gasteiger partial charge in [-0.25, -0.2) is 0 Å². The highest BCUT2D eigenvalue weighted by molar-refractivity contribution is 5.65. The van der Waals surface area contributed by atoms with E-state index >= 15 is 0 Å². The van der Waals surface area contributed by atoms with Crippen LogP contribution in [0.4, 0.5) is 0 Å². The highest BCUT2D eigenvalue weighted by Crippen LogP contribution is 2.31. The lowest BCUT2D eigenvalue weighted by Crippen LogP contribution is -2.70. The first-order valence-corrected chi connectivity index (χ1v) is 6.79. The molecule has 0 unspecified atom stereocenters. The van der Waals surface area contributed by atoms with E-state index in [9.17, 15) is 40.5 Å². The topological polar surface area (TPSA) is 208 Å². The highest BCUT2D eigenvalue weighted by Gasteiger charge is 2.57. The van der Waals surface area contributed by atoms with Gasteiger partial charge in [0, 0.05) is 0 Å². The summed E-state index contributed by atoms with van der Waals surface area (Å²) in [5, 5.41) is 86.1. The van der Waals surface area contributed by atoms with Crippen LogP contribution in [-0.4, -0.2) is 120 Å². The quantitative estimate of drug-likeness (QED) is 0.199. The van der Waals surface area contributed by atoms with Crippen LogP contribution in [0.5, 0.6) is 0 Å². The van der Waals surface area contributed by atoms with E-state index in [-0.39, 0.29) is 6.29 Å². The minimum Gasteiger partial charge on any atom is -0.394 e. The molecule has 9 atom stereocenters. The molecular formula is C12H22O11. The van der Waals surface area contributed by atoms with E-state index in [4.69, 9.17) is 14.9 Å². The molecule has 136 valence electrons. The van der Waals surface area contributed by atoms with Gasteiger partial charge in [-0.15, -0.1) is 0 Å². The Kier molecular flexibility index (Phi) is 6.97. The smallest absolute Gasteiger partial charge is 0.177 e. The van der Waals surface area contributed by atoms with Crippen molar-refractivity contribution < 1.29 is 55.5 Å². The van der Waals surface area contributed by atoms with Gasteiger partial charge in [-0.1, -0.05) is 0 Å². The average molecular weight is 342 g/mol. The van der Waals surface area contributed by atoms with Gasteiger partial charge in [-0.3, -0.25) is 4.79 Å². The maximum absolute atomic E-state index is 11.2. The summed E-state index contributed by atoms with van der Waals surface area (Å²) in [4.78, 5) is 11.2. The zero-order valence-electron chi connectivity index (χ0n) is 12.0. The summed E-state index contributed by atoms with van der Waals surface area (Å²) in [5.41, 5.74) is -3.01. The predicted molar refractivity (Wildman–Crippen MR) is 69.9 cm³/mol. The van der Waals surface area contributed by atoms with Crippen molar-refractivity contribution >= 4 is 6.29 Å². The molecule has 0 amide bonds. The summed E-state index contributed by atoms with van der Waals surface area (Å²) in [7, 11) is 0. The van der Waals surface area contributed by atoms with Gasteiger partial charge >= 0.3 is 0 Å². The van der Waals surface area contributed by atoms with Crippen LogP contribution in [0.1, 0.15) is 0 Å². The normalized spacial score (nSPS) is 38.4. The molecule has 1 saturated heterocycles. The maximum Gasteiger partial charge on any atom is 0.177 e. The predicted octanol–water partition coefficient (Wildman–Crippen LogP) is -6.17. The van der Waals surface area contributed by atoms with E-state index < -0.39 is 67.6 Å². The summed E-state index contributed by atoms with van der Waals surface area (Å²) in [5.74, 6) is 0. The lowest BCUT2D eigenvalue weighted by Gasteiger charge is -2.47. The zero-order valence-corrected chi connectivity index (χ0v) is 12.0. The molecule has 0 aliphatic carbocycles. The minimum atomic E-state index is -3.01. The summed E-state index contributed by atoms with van der Waals surface area (Å²) in [6.07, 6.45) is -16.0. The third-order valence-electron chi connectivity index (χ3n) is 3.92. The van der Waals surface area contributed by atoms with E-state index in [1.54, 1.807) is 0 Å². The third-order valence-corrected chi connectivity index (χ3v) is 3.92. The second-order valence-corrected chi connectivity index (χ2v) is 5.44. The van der Waals surface area contributed by atoms with Crippen LogP contribution in [0.25, 0.3) is 0 Å². The van der Waals surface area contributed by atoms with E-state index in [1.807, 2.05) is 0 Å². The number of aliphatic hydroxyl groups excluding tert-OH is 8. The number of aliphatic hydroxyl groups is 9. The Labute approximate surface area is 130 Å². The molecule has 1 rings (SSSR count). The maximum atomic E-state index is 11.2. The molecular weight excluding hydrogens is 320 g/mol. The first-order valence-electron chi connectivity index (χ1n) is 6.79. The molecule has 0 bridgehead atoms. The molecule has 1 fully saturated rings. The van der Waals surface area contributed by atoms with Crippen molar-refractivity contribution in [1.29, 1.82) is 0 Å². The molecule has 23 heavy (non-hydrogen) atoms. The molecule has 1 heterocycles. The van der Waals surface area contributed by atoms with Crippen molar-refractivity contribution in [3.8, 4) is 0 Å². The molecule has 11 heteroatoms. The Morgan fingerprint density at radius 2 is 1.61 bits per heavy atom. The highest BCUT2D eigenvalue weighted by atomic mass is 16.6. The van der Waals surface area contributed by atoms with Gasteiger partial charge in [0.25, 0.3) is 0 Å². The lowest BCUT2D eigenvalue weighted by atomic mass is 9.80. The average Bonchev–Trinajstić information content (AvgIpc) is 2.57. The Morgan fingerprint density at radius 1 is 1.04 bits per heavy atom. The molecule has 1 aliphatic heterocycles. The van der Waals surface area contributed by atoms with E-state index in [1.165, 1.54) is 0 Å². The van der Waals surface area contributed by atoms with Crippen molar-refractivity contribution in [3.63, 3.8) is 0 Å². The molecule has 0 aromatic carbocycles. The molecule has 9 N–H and O–H groups in total. The molecule has 0 saturated carbocycles. The number of hydrogen-bond acceptors (Lipinski definition) is 11. The van der Waals surface area contributed by atoms with E-state index in [0.717, 1.165) is 0 Å². The van der Waals surface area contributed by atoms with E-state index in [0.29, 0.717) is 0 Å². The Hall–Kier alpha value is -0.730. The fourth-order valence-electron chi connectivity index (χ4n) is 2.38.